The molecule has 0 fully saturated rings. The average Bonchev–Trinajstić information content (AvgIpc) is 3.50. The molecule has 0 atom stereocenters. The van der Waals surface area contributed by atoms with Crippen molar-refractivity contribution in [3.8, 4) is 11.3 Å². The number of fused-ring (bicyclic) bond motifs is 2. The number of para-hydroxylation sites is 2. The lowest BCUT2D eigenvalue weighted by molar-refractivity contribution is 0.102. The number of aryl methyl sites for hydroxylation is 1. The number of imidazole rings is 1. The smallest absolute Gasteiger partial charge is 0.257 e. The maximum absolute atomic E-state index is 13.1. The van der Waals surface area contributed by atoms with Crippen molar-refractivity contribution in [1.29, 1.82) is 0 Å². The Kier molecular flexibility index (Phi) is 8.81. The summed E-state index contributed by atoms with van der Waals surface area (Å²) in [6.07, 6.45) is 7.19. The van der Waals surface area contributed by atoms with Gasteiger partial charge in [-0.15, -0.1) is 11.3 Å². The van der Waals surface area contributed by atoms with E-state index in [1.54, 1.807) is 23.6 Å². The third kappa shape index (κ3) is 5.80. The second-order valence-corrected chi connectivity index (χ2v) is 9.33. The molecular formula is C29H33N5OS. The van der Waals surface area contributed by atoms with Crippen LogP contribution >= 0.6 is 11.3 Å². The summed E-state index contributed by atoms with van der Waals surface area (Å²) in [6, 6.07) is 17.2. The zero-order chi connectivity index (χ0) is 25.3. The lowest BCUT2D eigenvalue weighted by Gasteiger charge is -2.11. The molecule has 1 amide bonds. The first-order valence-corrected chi connectivity index (χ1v) is 13.4. The lowest BCUT2D eigenvalue weighted by atomic mass is 10.1. The topological polar surface area (TPSA) is 71.3 Å². The third-order valence-corrected chi connectivity index (χ3v) is 6.72. The van der Waals surface area contributed by atoms with Gasteiger partial charge in [0.25, 0.3) is 5.91 Å². The molecule has 0 saturated heterocycles. The van der Waals surface area contributed by atoms with E-state index in [2.05, 4.69) is 46.2 Å². The van der Waals surface area contributed by atoms with Gasteiger partial charge < -0.3 is 10.6 Å². The van der Waals surface area contributed by atoms with Crippen LogP contribution in [0, 0.1) is 0 Å². The predicted molar refractivity (Wildman–Crippen MR) is 151 cm³/mol. The van der Waals surface area contributed by atoms with Crippen LogP contribution in [0.3, 0.4) is 0 Å². The second-order valence-electron chi connectivity index (χ2n) is 8.49. The Morgan fingerprint density at radius 3 is 2.53 bits per heavy atom. The van der Waals surface area contributed by atoms with Gasteiger partial charge in [0.2, 0.25) is 0 Å². The maximum atomic E-state index is 13.1. The zero-order valence-electron chi connectivity index (χ0n) is 21.1. The Bertz CT molecular complexity index is 1430. The SMILES string of the molecule is CCCNCCC.CCc1csc2nc(-c3ccccc3NC(=O)c3cccc4cccnc34)cn12. The molecule has 3 heterocycles. The molecule has 0 saturated carbocycles. The molecule has 3 aromatic heterocycles. The standard InChI is InChI=1S/C23H18N4OS.C6H15N/c1-2-16-14-29-23-26-20(13-27(16)23)17-9-3-4-11-19(17)25-22(28)18-10-5-7-15-8-6-12-24-21(15)18;1-3-5-7-6-4-2/h3-14H,2H2,1H3,(H,25,28);7H,3-6H2,1-2H3. The van der Waals surface area contributed by atoms with Crippen LogP contribution in [0.15, 0.2) is 72.4 Å². The van der Waals surface area contributed by atoms with Crippen molar-refractivity contribution in [3.05, 3.63) is 83.6 Å². The van der Waals surface area contributed by atoms with E-state index in [-0.39, 0.29) is 5.91 Å². The Morgan fingerprint density at radius 1 is 0.972 bits per heavy atom. The summed E-state index contributed by atoms with van der Waals surface area (Å²) >= 11 is 1.63. The molecule has 0 unspecified atom stereocenters. The first-order chi connectivity index (χ1) is 17.7. The molecule has 0 aliphatic carbocycles. The van der Waals surface area contributed by atoms with Gasteiger partial charge in [0, 0.05) is 34.4 Å². The van der Waals surface area contributed by atoms with Crippen LogP contribution in [0.4, 0.5) is 5.69 Å². The van der Waals surface area contributed by atoms with Crippen molar-refractivity contribution in [3.63, 3.8) is 0 Å². The molecule has 0 aliphatic heterocycles. The molecule has 2 N–H and O–H groups in total. The number of hydrogen-bond donors (Lipinski definition) is 2. The predicted octanol–water partition coefficient (Wildman–Crippen LogP) is 6.82. The number of benzene rings is 2. The molecule has 0 aliphatic rings. The Labute approximate surface area is 216 Å². The Morgan fingerprint density at radius 2 is 1.75 bits per heavy atom. The van der Waals surface area contributed by atoms with Gasteiger partial charge in [-0.3, -0.25) is 14.2 Å². The van der Waals surface area contributed by atoms with E-state index < -0.39 is 0 Å². The molecule has 0 bridgehead atoms. The van der Waals surface area contributed by atoms with E-state index in [9.17, 15) is 4.79 Å². The number of rotatable bonds is 8. The molecule has 5 rings (SSSR count). The maximum Gasteiger partial charge on any atom is 0.257 e. The van der Waals surface area contributed by atoms with Gasteiger partial charge in [-0.2, -0.15) is 0 Å². The number of pyridine rings is 1. The van der Waals surface area contributed by atoms with Crippen molar-refractivity contribution in [2.75, 3.05) is 18.4 Å². The Balaban J connectivity index is 0.000000384. The van der Waals surface area contributed by atoms with Gasteiger partial charge in [0.05, 0.1) is 22.5 Å². The summed E-state index contributed by atoms with van der Waals surface area (Å²) in [5, 5.41) is 9.41. The molecule has 5 aromatic rings. The number of thiazole rings is 1. The highest BCUT2D eigenvalue weighted by Crippen LogP contribution is 2.30. The number of hydrogen-bond acceptors (Lipinski definition) is 5. The highest BCUT2D eigenvalue weighted by molar-refractivity contribution is 7.15. The third-order valence-electron chi connectivity index (χ3n) is 5.83. The summed E-state index contributed by atoms with van der Waals surface area (Å²) in [7, 11) is 0. The van der Waals surface area contributed by atoms with E-state index in [1.165, 1.54) is 31.6 Å². The molecule has 0 spiro atoms. The van der Waals surface area contributed by atoms with Gasteiger partial charge in [-0.25, -0.2) is 4.98 Å². The number of carbonyl (C=O) groups is 1. The first-order valence-electron chi connectivity index (χ1n) is 12.6. The van der Waals surface area contributed by atoms with E-state index in [4.69, 9.17) is 4.98 Å². The van der Waals surface area contributed by atoms with E-state index >= 15 is 0 Å². The largest absolute Gasteiger partial charge is 0.321 e. The fourth-order valence-corrected chi connectivity index (χ4v) is 4.94. The zero-order valence-corrected chi connectivity index (χ0v) is 21.9. The normalized spacial score (nSPS) is 10.9. The Hall–Kier alpha value is -3.55. The fraction of sp³-hybridized carbons (Fsp3) is 0.276. The number of nitrogens with one attached hydrogen (secondary N) is 2. The van der Waals surface area contributed by atoms with Crippen LogP contribution in [0.2, 0.25) is 0 Å². The van der Waals surface area contributed by atoms with Crippen molar-refractivity contribution in [2.45, 2.75) is 40.0 Å². The van der Waals surface area contributed by atoms with Crippen LogP contribution < -0.4 is 10.6 Å². The van der Waals surface area contributed by atoms with E-state index in [0.29, 0.717) is 11.1 Å². The molecule has 186 valence electrons. The number of carbonyl (C=O) groups excluding carboxylic acids is 1. The number of nitrogens with zero attached hydrogens (tertiary/aromatic N) is 3. The van der Waals surface area contributed by atoms with Crippen LogP contribution in [-0.2, 0) is 6.42 Å². The molecule has 0 radical (unpaired) electrons. The monoisotopic (exact) mass is 499 g/mol. The number of amides is 1. The summed E-state index contributed by atoms with van der Waals surface area (Å²) in [5.74, 6) is -0.183. The highest BCUT2D eigenvalue weighted by Gasteiger charge is 2.16. The van der Waals surface area contributed by atoms with E-state index in [1.807, 2.05) is 54.7 Å². The van der Waals surface area contributed by atoms with Gasteiger partial charge in [-0.1, -0.05) is 57.2 Å². The van der Waals surface area contributed by atoms with Gasteiger partial charge >= 0.3 is 0 Å². The van der Waals surface area contributed by atoms with Gasteiger partial charge in [0.1, 0.15) is 0 Å². The minimum absolute atomic E-state index is 0.183. The second kappa shape index (κ2) is 12.4. The summed E-state index contributed by atoms with van der Waals surface area (Å²) < 4.78 is 2.12. The quantitative estimate of drug-likeness (QED) is 0.230. The number of anilines is 1. The van der Waals surface area contributed by atoms with Crippen LogP contribution in [0.25, 0.3) is 27.1 Å². The molecule has 36 heavy (non-hydrogen) atoms. The van der Waals surface area contributed by atoms with Crippen LogP contribution in [-0.4, -0.2) is 33.4 Å². The summed E-state index contributed by atoms with van der Waals surface area (Å²) in [4.78, 5) is 23.2. The highest BCUT2D eigenvalue weighted by atomic mass is 32.1. The van der Waals surface area contributed by atoms with Crippen LogP contribution in [0.1, 0.15) is 49.7 Å². The van der Waals surface area contributed by atoms with Crippen molar-refractivity contribution < 1.29 is 4.79 Å². The summed E-state index contributed by atoms with van der Waals surface area (Å²) in [5.41, 5.74) is 4.95. The van der Waals surface area contributed by atoms with Crippen LogP contribution in [0.5, 0.6) is 0 Å². The fourth-order valence-electron chi connectivity index (χ4n) is 3.98. The van der Waals surface area contributed by atoms with Crippen molar-refractivity contribution >= 4 is 38.8 Å². The number of aromatic nitrogens is 3. The van der Waals surface area contributed by atoms with E-state index in [0.717, 1.165) is 33.7 Å². The average molecular weight is 500 g/mol. The summed E-state index contributed by atoms with van der Waals surface area (Å²) in [6.45, 7) is 8.85. The van der Waals surface area contributed by atoms with Gasteiger partial charge in [0.15, 0.2) is 4.96 Å². The molecular weight excluding hydrogens is 466 g/mol. The minimum Gasteiger partial charge on any atom is -0.321 e. The minimum atomic E-state index is -0.183. The molecule has 7 heteroatoms. The molecule has 2 aromatic carbocycles. The van der Waals surface area contributed by atoms with Crippen molar-refractivity contribution in [2.24, 2.45) is 0 Å². The first kappa shape index (κ1) is 25.5. The van der Waals surface area contributed by atoms with Gasteiger partial charge in [-0.05, 0) is 50.6 Å². The molecule has 6 nitrogen and oxygen atoms in total. The lowest BCUT2D eigenvalue weighted by Crippen LogP contribution is -2.14. The van der Waals surface area contributed by atoms with Crippen molar-refractivity contribution in [1.82, 2.24) is 19.7 Å².